The number of amides is 3. The zero-order chi connectivity index (χ0) is 15.6. The molecule has 0 spiro atoms. The molecular formula is C13H22N4O4. The maximum atomic E-state index is 12.5. The largest absolute Gasteiger partial charge is 0.480 e. The van der Waals surface area contributed by atoms with Crippen LogP contribution in [0.15, 0.2) is 0 Å². The van der Waals surface area contributed by atoms with E-state index in [4.69, 9.17) is 0 Å². The van der Waals surface area contributed by atoms with Gasteiger partial charge < -0.3 is 15.3 Å². The molecule has 1 atom stereocenters. The lowest BCUT2D eigenvalue weighted by atomic mass is 10.2. The topological polar surface area (TPSA) is 93.2 Å². The molecule has 3 amide bonds. The molecule has 2 N–H and O–H groups in total. The third-order valence-electron chi connectivity index (χ3n) is 4.03. The van der Waals surface area contributed by atoms with E-state index in [0.29, 0.717) is 19.1 Å². The Morgan fingerprint density at radius 1 is 1.24 bits per heavy atom. The van der Waals surface area contributed by atoms with E-state index in [-0.39, 0.29) is 25.0 Å². The summed E-state index contributed by atoms with van der Waals surface area (Å²) < 4.78 is 0. The van der Waals surface area contributed by atoms with Crippen LogP contribution in [0.5, 0.6) is 0 Å². The summed E-state index contributed by atoms with van der Waals surface area (Å²) in [7, 11) is 0. The molecule has 2 saturated heterocycles. The van der Waals surface area contributed by atoms with Crippen LogP contribution in [0.25, 0.3) is 0 Å². The third-order valence-corrected chi connectivity index (χ3v) is 4.03. The molecule has 21 heavy (non-hydrogen) atoms. The van der Waals surface area contributed by atoms with Gasteiger partial charge in [0.2, 0.25) is 5.91 Å². The highest BCUT2D eigenvalue weighted by Gasteiger charge is 2.38. The van der Waals surface area contributed by atoms with E-state index in [2.05, 4.69) is 24.1 Å². The predicted molar refractivity (Wildman–Crippen MR) is 74.8 cm³/mol. The van der Waals surface area contributed by atoms with E-state index in [1.165, 1.54) is 0 Å². The fraction of sp³-hybridized carbons (Fsp3) is 0.769. The number of piperazine rings is 2. The number of urea groups is 1. The smallest absolute Gasteiger partial charge is 0.328 e. The quantitative estimate of drug-likeness (QED) is 0.683. The van der Waals surface area contributed by atoms with E-state index in [0.717, 1.165) is 18.0 Å². The van der Waals surface area contributed by atoms with Gasteiger partial charge in [-0.05, 0) is 13.8 Å². The molecule has 1 unspecified atom stereocenters. The van der Waals surface area contributed by atoms with Crippen molar-refractivity contribution in [1.82, 2.24) is 20.0 Å². The average molecular weight is 298 g/mol. The van der Waals surface area contributed by atoms with Crippen LogP contribution in [-0.2, 0) is 9.59 Å². The van der Waals surface area contributed by atoms with Gasteiger partial charge >= 0.3 is 12.0 Å². The summed E-state index contributed by atoms with van der Waals surface area (Å²) in [6, 6.07) is -0.922. The molecule has 2 fully saturated rings. The van der Waals surface area contributed by atoms with Gasteiger partial charge in [0.15, 0.2) is 0 Å². The summed E-state index contributed by atoms with van der Waals surface area (Å²) in [6.45, 7) is 6.62. The summed E-state index contributed by atoms with van der Waals surface area (Å²) >= 11 is 0. The monoisotopic (exact) mass is 298 g/mol. The number of carbonyl (C=O) groups excluding carboxylic acids is 2. The molecule has 0 aromatic carbocycles. The number of carboxylic acid groups (broad SMARTS) is 1. The van der Waals surface area contributed by atoms with Crippen molar-refractivity contribution >= 4 is 17.9 Å². The maximum Gasteiger partial charge on any atom is 0.328 e. The van der Waals surface area contributed by atoms with Gasteiger partial charge in [-0.15, -0.1) is 0 Å². The molecule has 2 aliphatic rings. The second-order valence-electron chi connectivity index (χ2n) is 5.69. The first-order valence-electron chi connectivity index (χ1n) is 7.19. The molecule has 8 heteroatoms. The van der Waals surface area contributed by atoms with Crippen LogP contribution in [0, 0.1) is 0 Å². The molecule has 0 aromatic heterocycles. The molecule has 2 heterocycles. The second kappa shape index (κ2) is 6.30. The minimum absolute atomic E-state index is 0.0358. The van der Waals surface area contributed by atoms with Gasteiger partial charge in [-0.1, -0.05) is 0 Å². The number of carbonyl (C=O) groups is 3. The highest BCUT2D eigenvalue weighted by atomic mass is 16.4. The first-order chi connectivity index (χ1) is 9.90. The number of nitrogens with one attached hydrogen (secondary N) is 1. The van der Waals surface area contributed by atoms with Crippen LogP contribution in [0.4, 0.5) is 4.79 Å². The van der Waals surface area contributed by atoms with E-state index in [9.17, 15) is 19.5 Å². The Balaban J connectivity index is 2.01. The molecular weight excluding hydrogens is 276 g/mol. The zero-order valence-electron chi connectivity index (χ0n) is 12.4. The summed E-state index contributed by atoms with van der Waals surface area (Å²) in [5, 5.41) is 11.7. The minimum Gasteiger partial charge on any atom is -0.480 e. The molecule has 0 bridgehead atoms. The Hall–Kier alpha value is -1.83. The van der Waals surface area contributed by atoms with E-state index in [1.807, 2.05) is 0 Å². The summed E-state index contributed by atoms with van der Waals surface area (Å²) in [5.41, 5.74) is 0. The second-order valence-corrected chi connectivity index (χ2v) is 5.69. The average Bonchev–Trinajstić information content (AvgIpc) is 2.46. The SMILES string of the molecule is CC(C)N1CCN(C(=O)N2CC(=O)NCC2C(=O)O)CC1. The Morgan fingerprint density at radius 2 is 1.86 bits per heavy atom. The number of carboxylic acids is 1. The molecule has 0 aliphatic carbocycles. The van der Waals surface area contributed by atoms with Crippen LogP contribution >= 0.6 is 0 Å². The van der Waals surface area contributed by atoms with Crippen molar-refractivity contribution < 1.29 is 19.5 Å². The van der Waals surface area contributed by atoms with Gasteiger partial charge in [-0.2, -0.15) is 0 Å². The van der Waals surface area contributed by atoms with Gasteiger partial charge in [0.1, 0.15) is 12.6 Å². The van der Waals surface area contributed by atoms with Crippen molar-refractivity contribution in [3.8, 4) is 0 Å². The van der Waals surface area contributed by atoms with Crippen molar-refractivity contribution in [3.63, 3.8) is 0 Å². The van der Waals surface area contributed by atoms with Crippen LogP contribution in [0.3, 0.4) is 0 Å². The fourth-order valence-electron chi connectivity index (χ4n) is 2.67. The number of rotatable bonds is 2. The van der Waals surface area contributed by atoms with Crippen molar-refractivity contribution in [1.29, 1.82) is 0 Å². The Labute approximate surface area is 123 Å². The number of hydrogen-bond donors (Lipinski definition) is 2. The van der Waals surface area contributed by atoms with Gasteiger partial charge in [0, 0.05) is 38.8 Å². The van der Waals surface area contributed by atoms with Crippen LogP contribution in [0.2, 0.25) is 0 Å². The molecule has 0 aromatic rings. The van der Waals surface area contributed by atoms with Crippen molar-refractivity contribution in [2.24, 2.45) is 0 Å². The van der Waals surface area contributed by atoms with E-state index >= 15 is 0 Å². The van der Waals surface area contributed by atoms with Crippen LogP contribution < -0.4 is 5.32 Å². The Bertz CT molecular complexity index is 432. The number of nitrogens with zero attached hydrogens (tertiary/aromatic N) is 3. The third kappa shape index (κ3) is 3.44. The van der Waals surface area contributed by atoms with Crippen LogP contribution in [0.1, 0.15) is 13.8 Å². The van der Waals surface area contributed by atoms with Gasteiger partial charge in [-0.25, -0.2) is 9.59 Å². The lowest BCUT2D eigenvalue weighted by Gasteiger charge is -2.41. The van der Waals surface area contributed by atoms with Crippen molar-refractivity contribution in [2.75, 3.05) is 39.3 Å². The van der Waals surface area contributed by atoms with Gasteiger partial charge in [-0.3, -0.25) is 14.6 Å². The Morgan fingerprint density at radius 3 is 2.38 bits per heavy atom. The lowest BCUT2D eigenvalue weighted by Crippen LogP contribution is -2.63. The Kier molecular flexibility index (Phi) is 4.66. The van der Waals surface area contributed by atoms with Gasteiger partial charge in [0.25, 0.3) is 0 Å². The minimum atomic E-state index is -1.09. The molecule has 2 aliphatic heterocycles. The number of hydrogen-bond acceptors (Lipinski definition) is 4. The first-order valence-corrected chi connectivity index (χ1v) is 7.19. The molecule has 8 nitrogen and oxygen atoms in total. The first kappa shape index (κ1) is 15.6. The van der Waals surface area contributed by atoms with E-state index < -0.39 is 12.0 Å². The molecule has 0 radical (unpaired) electrons. The lowest BCUT2D eigenvalue weighted by molar-refractivity contribution is -0.144. The van der Waals surface area contributed by atoms with Crippen LogP contribution in [-0.4, -0.2) is 89.1 Å². The normalized spacial score (nSPS) is 24.1. The molecule has 2 rings (SSSR count). The highest BCUT2D eigenvalue weighted by Crippen LogP contribution is 2.12. The summed E-state index contributed by atoms with van der Waals surface area (Å²) in [4.78, 5) is 40.2. The molecule has 118 valence electrons. The summed E-state index contributed by atoms with van der Waals surface area (Å²) in [5.74, 6) is -1.41. The van der Waals surface area contributed by atoms with Crippen molar-refractivity contribution in [3.05, 3.63) is 0 Å². The summed E-state index contributed by atoms with van der Waals surface area (Å²) in [6.07, 6.45) is 0. The molecule has 0 saturated carbocycles. The van der Waals surface area contributed by atoms with Gasteiger partial charge in [0.05, 0.1) is 0 Å². The van der Waals surface area contributed by atoms with Crippen molar-refractivity contribution in [2.45, 2.75) is 25.9 Å². The zero-order valence-corrected chi connectivity index (χ0v) is 12.4. The predicted octanol–water partition coefficient (Wildman–Crippen LogP) is -0.983. The fourth-order valence-corrected chi connectivity index (χ4v) is 2.67. The highest BCUT2D eigenvalue weighted by molar-refractivity contribution is 5.90. The standard InChI is InChI=1S/C13H22N4O4/c1-9(2)15-3-5-16(6-4-15)13(21)17-8-11(18)14-7-10(17)12(19)20/h9-10H,3-8H2,1-2H3,(H,14,18)(H,19,20). The maximum absolute atomic E-state index is 12.5. The van der Waals surface area contributed by atoms with E-state index in [1.54, 1.807) is 4.90 Å². The number of aliphatic carboxylic acids is 1.